The molecular weight excluding hydrogens is 360 g/mol. The van der Waals surface area contributed by atoms with Crippen LogP contribution in [0.4, 0.5) is 0 Å². The van der Waals surface area contributed by atoms with E-state index in [4.69, 9.17) is 9.47 Å². The van der Waals surface area contributed by atoms with Crippen molar-refractivity contribution in [3.63, 3.8) is 0 Å². The second kappa shape index (κ2) is 13.1. The Morgan fingerprint density at radius 2 is 1.35 bits per heavy atom. The fourth-order valence-electron chi connectivity index (χ4n) is 2.65. The van der Waals surface area contributed by atoms with Gasteiger partial charge in [0, 0.05) is 0 Å². The van der Waals surface area contributed by atoms with Crippen LogP contribution < -0.4 is 0 Å². The van der Waals surface area contributed by atoms with Crippen molar-refractivity contribution in [2.45, 2.75) is 77.9 Å². The molecule has 3 atom stereocenters. The second-order valence-corrected chi connectivity index (χ2v) is 8.25. The highest BCUT2D eigenvalue weighted by molar-refractivity contribution is 7.87. The van der Waals surface area contributed by atoms with E-state index in [0.717, 1.165) is 38.5 Å². The molecule has 3 unspecified atom stereocenters. The molecule has 0 rings (SSSR count). The molecule has 0 bridgehead atoms. The molecule has 0 aliphatic heterocycles. The van der Waals surface area contributed by atoms with Gasteiger partial charge >= 0.3 is 11.9 Å². The van der Waals surface area contributed by atoms with Gasteiger partial charge in [-0.3, -0.25) is 14.1 Å². The zero-order valence-corrected chi connectivity index (χ0v) is 17.2. The first-order chi connectivity index (χ1) is 12.2. The second-order valence-electron chi connectivity index (χ2n) is 6.65. The molecule has 0 aromatic heterocycles. The van der Waals surface area contributed by atoms with Crippen molar-refractivity contribution in [2.75, 3.05) is 13.2 Å². The quantitative estimate of drug-likeness (QED) is 0.355. The Morgan fingerprint density at radius 3 is 1.73 bits per heavy atom. The van der Waals surface area contributed by atoms with Gasteiger partial charge in [-0.25, -0.2) is 0 Å². The molecular formula is C18H34O7S. The number of rotatable bonds is 14. The fraction of sp³-hybridized carbons (Fsp3) is 0.889. The zero-order chi connectivity index (χ0) is 20.2. The Bertz CT molecular complexity index is 516. The minimum atomic E-state index is -4.76. The predicted molar refractivity (Wildman–Crippen MR) is 99.2 cm³/mol. The molecule has 0 aromatic carbocycles. The highest BCUT2D eigenvalue weighted by atomic mass is 32.2. The normalized spacial score (nSPS) is 15.1. The summed E-state index contributed by atoms with van der Waals surface area (Å²) < 4.78 is 42.4. The smallest absolute Gasteiger partial charge is 0.327 e. The number of carbonyl (C=O) groups excluding carboxylic acids is 2. The molecule has 0 fully saturated rings. The van der Waals surface area contributed by atoms with Crippen LogP contribution in [0.25, 0.3) is 0 Å². The lowest BCUT2D eigenvalue weighted by Crippen LogP contribution is -2.35. The lowest BCUT2D eigenvalue weighted by Gasteiger charge is -2.18. The Hall–Kier alpha value is -1.15. The number of esters is 2. The number of hydrogen-bond donors (Lipinski definition) is 1. The Kier molecular flexibility index (Phi) is 12.5. The topological polar surface area (TPSA) is 107 Å². The van der Waals surface area contributed by atoms with Gasteiger partial charge in [0.1, 0.15) is 0 Å². The van der Waals surface area contributed by atoms with Crippen LogP contribution in [0.2, 0.25) is 0 Å². The minimum Gasteiger partial charge on any atom is -0.465 e. The van der Waals surface area contributed by atoms with E-state index in [1.54, 1.807) is 0 Å². The summed E-state index contributed by atoms with van der Waals surface area (Å²) in [7, 11) is -4.76. The third-order valence-electron chi connectivity index (χ3n) is 4.46. The molecule has 0 aliphatic rings. The van der Waals surface area contributed by atoms with Crippen LogP contribution in [0.5, 0.6) is 0 Å². The van der Waals surface area contributed by atoms with Gasteiger partial charge in [-0.1, -0.05) is 53.4 Å². The summed E-state index contributed by atoms with van der Waals surface area (Å²) in [6, 6.07) is 0. The van der Waals surface area contributed by atoms with E-state index in [2.05, 4.69) is 0 Å². The van der Waals surface area contributed by atoms with Gasteiger partial charge in [0.05, 0.1) is 19.6 Å². The molecule has 26 heavy (non-hydrogen) atoms. The lowest BCUT2D eigenvalue weighted by molar-refractivity contribution is -0.151. The van der Waals surface area contributed by atoms with Crippen LogP contribution in [0.1, 0.15) is 72.6 Å². The molecule has 0 saturated carbocycles. The first-order valence-corrected chi connectivity index (χ1v) is 11.0. The Morgan fingerprint density at radius 1 is 0.885 bits per heavy atom. The van der Waals surface area contributed by atoms with E-state index in [9.17, 15) is 22.6 Å². The van der Waals surface area contributed by atoms with Crippen molar-refractivity contribution in [1.29, 1.82) is 0 Å². The molecule has 0 aliphatic carbocycles. The molecule has 0 radical (unpaired) electrons. The third kappa shape index (κ3) is 10.1. The van der Waals surface area contributed by atoms with Crippen molar-refractivity contribution in [1.82, 2.24) is 0 Å². The molecule has 0 amide bonds. The summed E-state index contributed by atoms with van der Waals surface area (Å²) in [6.07, 6.45) is 4.48. The molecule has 154 valence electrons. The molecule has 0 aromatic rings. The third-order valence-corrected chi connectivity index (χ3v) is 5.54. The maximum Gasteiger partial charge on any atom is 0.327 e. The highest BCUT2D eigenvalue weighted by Gasteiger charge is 2.36. The molecule has 1 N–H and O–H groups in total. The monoisotopic (exact) mass is 394 g/mol. The minimum absolute atomic E-state index is 0.0681. The van der Waals surface area contributed by atoms with E-state index in [-0.39, 0.29) is 25.0 Å². The van der Waals surface area contributed by atoms with Crippen LogP contribution >= 0.6 is 0 Å². The summed E-state index contributed by atoms with van der Waals surface area (Å²) in [5, 5.41) is -1.94. The van der Waals surface area contributed by atoms with Gasteiger partial charge in [-0.05, 0) is 24.7 Å². The van der Waals surface area contributed by atoms with E-state index in [1.165, 1.54) is 0 Å². The van der Waals surface area contributed by atoms with E-state index < -0.39 is 33.7 Å². The molecule has 8 heteroatoms. The van der Waals surface area contributed by atoms with Crippen molar-refractivity contribution >= 4 is 22.1 Å². The van der Waals surface area contributed by atoms with E-state index in [0.29, 0.717) is 0 Å². The first-order valence-electron chi connectivity index (χ1n) is 9.47. The highest BCUT2D eigenvalue weighted by Crippen LogP contribution is 2.15. The summed E-state index contributed by atoms with van der Waals surface area (Å²) in [4.78, 5) is 24.0. The standard InChI is InChI=1S/C18H34O7S/c1-5-9-14(7-3)12-24-17(19)11-16(26(21,22)23)18(20)25-13-15(8-4)10-6-2/h14-16H,5-13H2,1-4H3,(H,21,22,23). The van der Waals surface area contributed by atoms with Crippen LogP contribution in [0.15, 0.2) is 0 Å². The summed E-state index contributed by atoms with van der Waals surface area (Å²) in [5.41, 5.74) is 0. The van der Waals surface area contributed by atoms with Crippen molar-refractivity contribution < 1.29 is 32.0 Å². The van der Waals surface area contributed by atoms with Gasteiger partial charge in [0.15, 0.2) is 5.25 Å². The van der Waals surface area contributed by atoms with Crippen LogP contribution in [-0.2, 0) is 29.2 Å². The summed E-state index contributed by atoms with van der Waals surface area (Å²) >= 11 is 0. The van der Waals surface area contributed by atoms with E-state index >= 15 is 0 Å². The lowest BCUT2D eigenvalue weighted by atomic mass is 10.0. The van der Waals surface area contributed by atoms with Gasteiger partial charge < -0.3 is 9.47 Å². The van der Waals surface area contributed by atoms with Crippen LogP contribution in [0, 0.1) is 11.8 Å². The Labute approximate surface area is 157 Å². The number of ether oxygens (including phenoxy) is 2. The fourth-order valence-corrected chi connectivity index (χ4v) is 3.31. The molecule has 0 heterocycles. The maximum atomic E-state index is 12.1. The van der Waals surface area contributed by atoms with Crippen LogP contribution in [0.3, 0.4) is 0 Å². The van der Waals surface area contributed by atoms with Crippen LogP contribution in [-0.4, -0.2) is 43.4 Å². The first kappa shape index (κ1) is 24.8. The molecule has 7 nitrogen and oxygen atoms in total. The SMILES string of the molecule is CCCC(CC)COC(=O)CC(C(=O)OCC(CC)CCC)S(=O)(=O)O. The average Bonchev–Trinajstić information content (AvgIpc) is 2.58. The van der Waals surface area contributed by atoms with Crippen molar-refractivity contribution in [3.05, 3.63) is 0 Å². The molecule has 0 spiro atoms. The Balaban J connectivity index is 4.74. The summed E-state index contributed by atoms with van der Waals surface area (Å²) in [5.74, 6) is -1.63. The van der Waals surface area contributed by atoms with Gasteiger partial charge in [-0.15, -0.1) is 0 Å². The predicted octanol–water partition coefficient (Wildman–Crippen LogP) is 3.37. The van der Waals surface area contributed by atoms with Gasteiger partial charge in [0.2, 0.25) is 0 Å². The zero-order valence-electron chi connectivity index (χ0n) is 16.4. The summed E-state index contributed by atoms with van der Waals surface area (Å²) in [6.45, 7) is 8.20. The van der Waals surface area contributed by atoms with Gasteiger partial charge in [0.25, 0.3) is 10.1 Å². The number of carbonyl (C=O) groups is 2. The van der Waals surface area contributed by atoms with Crippen molar-refractivity contribution in [2.24, 2.45) is 11.8 Å². The molecule has 0 saturated heterocycles. The average molecular weight is 395 g/mol. The largest absolute Gasteiger partial charge is 0.465 e. The maximum absolute atomic E-state index is 12.1. The number of hydrogen-bond acceptors (Lipinski definition) is 6. The van der Waals surface area contributed by atoms with E-state index in [1.807, 2.05) is 27.7 Å². The van der Waals surface area contributed by atoms with Gasteiger partial charge in [-0.2, -0.15) is 8.42 Å². The van der Waals surface area contributed by atoms with Crippen molar-refractivity contribution in [3.8, 4) is 0 Å².